The summed E-state index contributed by atoms with van der Waals surface area (Å²) in [5.41, 5.74) is 4.69. The predicted octanol–water partition coefficient (Wildman–Crippen LogP) is 5.42. The summed E-state index contributed by atoms with van der Waals surface area (Å²) >= 11 is 0. The maximum Gasteiger partial charge on any atom is 0.227 e. The fourth-order valence-electron chi connectivity index (χ4n) is 4.37. The monoisotopic (exact) mass is 442 g/mol. The van der Waals surface area contributed by atoms with E-state index >= 15 is 0 Å². The van der Waals surface area contributed by atoms with Gasteiger partial charge in [0, 0.05) is 29.3 Å². The summed E-state index contributed by atoms with van der Waals surface area (Å²) in [6, 6.07) is 23.6. The number of ether oxygens (including phenoxy) is 1. The molecule has 1 saturated heterocycles. The first kappa shape index (κ1) is 22.7. The molecule has 1 aliphatic rings. The minimum absolute atomic E-state index is 0.0110. The lowest BCUT2D eigenvalue weighted by Gasteiger charge is -2.31. The quantitative estimate of drug-likeness (QED) is 0.497. The zero-order valence-electron chi connectivity index (χ0n) is 19.2. The van der Waals surface area contributed by atoms with Crippen molar-refractivity contribution >= 4 is 17.4 Å². The summed E-state index contributed by atoms with van der Waals surface area (Å²) in [4.78, 5) is 27.1. The number of carbonyl (C=O) groups is 2. The van der Waals surface area contributed by atoms with E-state index in [1.165, 1.54) is 0 Å². The summed E-state index contributed by atoms with van der Waals surface area (Å²) in [5, 5.41) is 3.16. The highest BCUT2D eigenvalue weighted by atomic mass is 16.5. The van der Waals surface area contributed by atoms with Crippen molar-refractivity contribution in [2.24, 2.45) is 5.92 Å². The van der Waals surface area contributed by atoms with E-state index in [0.717, 1.165) is 66.2 Å². The molecule has 1 heterocycles. The molecule has 1 aliphatic heterocycles. The third-order valence-corrected chi connectivity index (χ3v) is 6.26. The van der Waals surface area contributed by atoms with Crippen molar-refractivity contribution in [3.63, 3.8) is 0 Å². The molecule has 0 saturated carbocycles. The third kappa shape index (κ3) is 5.68. The van der Waals surface area contributed by atoms with E-state index in [1.807, 2.05) is 66.7 Å². The number of methoxy groups -OCH3 is 1. The fourth-order valence-corrected chi connectivity index (χ4v) is 4.37. The molecule has 0 aliphatic carbocycles. The van der Waals surface area contributed by atoms with Crippen LogP contribution in [-0.2, 0) is 11.3 Å². The molecule has 0 spiro atoms. The lowest BCUT2D eigenvalue weighted by molar-refractivity contribution is -0.121. The van der Waals surface area contributed by atoms with Gasteiger partial charge in [0.15, 0.2) is 5.78 Å². The number of hydrogen-bond donors (Lipinski definition) is 1. The highest BCUT2D eigenvalue weighted by molar-refractivity contribution is 5.97. The molecule has 3 aromatic carbocycles. The van der Waals surface area contributed by atoms with Gasteiger partial charge in [0.25, 0.3) is 0 Å². The average Bonchev–Trinajstić information content (AvgIpc) is 2.85. The number of piperidine rings is 1. The van der Waals surface area contributed by atoms with E-state index in [1.54, 1.807) is 14.0 Å². The van der Waals surface area contributed by atoms with Gasteiger partial charge in [-0.15, -0.1) is 0 Å². The van der Waals surface area contributed by atoms with E-state index in [9.17, 15) is 9.59 Å². The van der Waals surface area contributed by atoms with Crippen molar-refractivity contribution in [3.8, 4) is 16.9 Å². The Morgan fingerprint density at radius 3 is 2.48 bits per heavy atom. The zero-order chi connectivity index (χ0) is 23.2. The first-order valence-electron chi connectivity index (χ1n) is 11.4. The maximum absolute atomic E-state index is 13.1. The van der Waals surface area contributed by atoms with E-state index in [0.29, 0.717) is 0 Å². The van der Waals surface area contributed by atoms with Gasteiger partial charge in [0.1, 0.15) is 5.75 Å². The number of ketones is 1. The van der Waals surface area contributed by atoms with Crippen molar-refractivity contribution in [3.05, 3.63) is 83.9 Å². The third-order valence-electron chi connectivity index (χ3n) is 6.26. The number of carbonyl (C=O) groups excluding carboxylic acids is 2. The van der Waals surface area contributed by atoms with Crippen LogP contribution in [0.2, 0.25) is 0 Å². The summed E-state index contributed by atoms with van der Waals surface area (Å²) in [6.07, 6.45) is 1.64. The molecular formula is C28H30N2O3. The van der Waals surface area contributed by atoms with Crippen molar-refractivity contribution in [1.82, 2.24) is 4.90 Å². The van der Waals surface area contributed by atoms with E-state index in [2.05, 4.69) is 16.3 Å². The topological polar surface area (TPSA) is 58.6 Å². The molecule has 33 heavy (non-hydrogen) atoms. The number of benzene rings is 3. The molecule has 3 aromatic rings. The van der Waals surface area contributed by atoms with Crippen LogP contribution in [-0.4, -0.2) is 36.8 Å². The Balaban J connectivity index is 1.37. The van der Waals surface area contributed by atoms with Crippen LogP contribution in [0.25, 0.3) is 11.1 Å². The molecule has 5 heteroatoms. The molecule has 0 bridgehead atoms. The Morgan fingerprint density at radius 1 is 0.970 bits per heavy atom. The van der Waals surface area contributed by atoms with Crippen molar-refractivity contribution < 1.29 is 14.3 Å². The molecule has 0 unspecified atom stereocenters. The molecule has 1 fully saturated rings. The lowest BCUT2D eigenvalue weighted by Crippen LogP contribution is -2.37. The van der Waals surface area contributed by atoms with Crippen LogP contribution in [0.1, 0.15) is 35.7 Å². The van der Waals surface area contributed by atoms with Crippen LogP contribution >= 0.6 is 0 Å². The van der Waals surface area contributed by atoms with Gasteiger partial charge in [-0.1, -0.05) is 48.5 Å². The second-order valence-electron chi connectivity index (χ2n) is 8.57. The molecule has 1 amide bonds. The number of para-hydroxylation sites is 1. The largest absolute Gasteiger partial charge is 0.497 e. The lowest BCUT2D eigenvalue weighted by atomic mass is 9.94. The number of Topliss-reactive ketones (excluding diaryl/α,β-unsaturated/α-hetero) is 1. The first-order chi connectivity index (χ1) is 16.0. The highest BCUT2D eigenvalue weighted by Gasteiger charge is 2.25. The molecule has 0 atom stereocenters. The minimum Gasteiger partial charge on any atom is -0.497 e. The van der Waals surface area contributed by atoms with Crippen LogP contribution in [0.5, 0.6) is 5.75 Å². The average molecular weight is 443 g/mol. The molecule has 0 aromatic heterocycles. The Labute approximate surface area is 195 Å². The Kier molecular flexibility index (Phi) is 7.20. The van der Waals surface area contributed by atoms with Gasteiger partial charge < -0.3 is 10.1 Å². The van der Waals surface area contributed by atoms with Gasteiger partial charge in [-0.05, 0) is 68.2 Å². The number of nitrogens with zero attached hydrogens (tertiary/aromatic N) is 1. The van der Waals surface area contributed by atoms with E-state index < -0.39 is 0 Å². The smallest absolute Gasteiger partial charge is 0.227 e. The second-order valence-corrected chi connectivity index (χ2v) is 8.57. The summed E-state index contributed by atoms with van der Waals surface area (Å²) < 4.78 is 5.35. The van der Waals surface area contributed by atoms with Crippen LogP contribution in [0.15, 0.2) is 72.8 Å². The number of likely N-dealkylation sites (tertiary alicyclic amines) is 1. The number of amides is 1. The van der Waals surface area contributed by atoms with Crippen LogP contribution in [0.3, 0.4) is 0 Å². The Morgan fingerprint density at radius 2 is 1.73 bits per heavy atom. The maximum atomic E-state index is 13.1. The van der Waals surface area contributed by atoms with Gasteiger partial charge >= 0.3 is 0 Å². The second kappa shape index (κ2) is 10.5. The van der Waals surface area contributed by atoms with Crippen molar-refractivity contribution in [2.45, 2.75) is 26.3 Å². The Bertz CT molecular complexity index is 1130. The van der Waals surface area contributed by atoms with E-state index in [-0.39, 0.29) is 17.6 Å². The SMILES string of the molecule is COc1cccc(-c2ccccc2NC(=O)C2CCN(Cc3cccc(C(C)=O)c3)CC2)c1. The predicted molar refractivity (Wildman–Crippen MR) is 132 cm³/mol. The molecule has 0 radical (unpaired) electrons. The minimum atomic E-state index is -0.0110. The molecule has 170 valence electrons. The summed E-state index contributed by atoms with van der Waals surface area (Å²) in [6.45, 7) is 4.11. The Hall–Kier alpha value is -3.44. The van der Waals surface area contributed by atoms with Gasteiger partial charge in [0.05, 0.1) is 7.11 Å². The zero-order valence-corrected chi connectivity index (χ0v) is 19.2. The van der Waals surface area contributed by atoms with Gasteiger partial charge in [-0.25, -0.2) is 0 Å². The van der Waals surface area contributed by atoms with Crippen molar-refractivity contribution in [2.75, 3.05) is 25.5 Å². The van der Waals surface area contributed by atoms with Crippen molar-refractivity contribution in [1.29, 1.82) is 0 Å². The van der Waals surface area contributed by atoms with Crippen LogP contribution in [0, 0.1) is 5.92 Å². The molecule has 5 nitrogen and oxygen atoms in total. The van der Waals surface area contributed by atoms with Gasteiger partial charge in [-0.3, -0.25) is 14.5 Å². The van der Waals surface area contributed by atoms with Gasteiger partial charge in [-0.2, -0.15) is 0 Å². The van der Waals surface area contributed by atoms with Gasteiger partial charge in [0.2, 0.25) is 5.91 Å². The number of anilines is 1. The highest BCUT2D eigenvalue weighted by Crippen LogP contribution is 2.31. The number of hydrogen-bond acceptors (Lipinski definition) is 4. The number of rotatable bonds is 7. The molecular weight excluding hydrogens is 412 g/mol. The van der Waals surface area contributed by atoms with Crippen LogP contribution in [0.4, 0.5) is 5.69 Å². The molecule has 1 N–H and O–H groups in total. The van der Waals surface area contributed by atoms with Crippen LogP contribution < -0.4 is 10.1 Å². The normalized spacial score (nSPS) is 14.6. The summed E-state index contributed by atoms with van der Waals surface area (Å²) in [7, 11) is 1.65. The number of nitrogens with one attached hydrogen (secondary N) is 1. The van der Waals surface area contributed by atoms with E-state index in [4.69, 9.17) is 4.74 Å². The molecule has 4 rings (SSSR count). The fraction of sp³-hybridized carbons (Fsp3) is 0.286. The summed E-state index contributed by atoms with van der Waals surface area (Å²) in [5.74, 6) is 0.933. The first-order valence-corrected chi connectivity index (χ1v) is 11.4. The standard InChI is InChI=1S/C28H30N2O3/c1-20(31)23-8-5-7-21(17-23)19-30-15-13-22(14-16-30)28(32)29-27-12-4-3-11-26(27)24-9-6-10-25(18-24)33-2/h3-12,17-18,22H,13-16,19H2,1-2H3,(H,29,32).